The zero-order valence-corrected chi connectivity index (χ0v) is 13.2. The summed E-state index contributed by atoms with van der Waals surface area (Å²) in [5, 5.41) is 4.57. The molecule has 1 aromatic heterocycles. The summed E-state index contributed by atoms with van der Waals surface area (Å²) >= 11 is 0. The number of rotatable bonds is 4. The van der Waals surface area contributed by atoms with Gasteiger partial charge in [0.15, 0.2) is 11.6 Å². The molecule has 0 atom stereocenters. The van der Waals surface area contributed by atoms with E-state index in [1.165, 1.54) is 5.56 Å². The number of hydrogen-bond donors (Lipinski definition) is 0. The Morgan fingerprint density at radius 1 is 0.955 bits per heavy atom. The van der Waals surface area contributed by atoms with Crippen molar-refractivity contribution in [3.05, 3.63) is 60.2 Å². The summed E-state index contributed by atoms with van der Waals surface area (Å²) in [6, 6.07) is 18.4. The van der Waals surface area contributed by atoms with E-state index in [-0.39, 0.29) is 0 Å². The second kappa shape index (κ2) is 6.12. The largest absolute Gasteiger partial charge is 0.305 e. The van der Waals surface area contributed by atoms with E-state index in [1.807, 2.05) is 48.1 Å². The summed E-state index contributed by atoms with van der Waals surface area (Å²) in [5.74, 6) is 1.66. The van der Waals surface area contributed by atoms with Gasteiger partial charge in [0.2, 0.25) is 0 Å². The predicted molar refractivity (Wildman–Crippen MR) is 89.3 cm³/mol. The Morgan fingerprint density at radius 3 is 2.36 bits per heavy atom. The number of hydrogen-bond acceptors (Lipinski definition) is 3. The van der Waals surface area contributed by atoms with Crippen molar-refractivity contribution >= 4 is 0 Å². The molecule has 0 unspecified atom stereocenters. The van der Waals surface area contributed by atoms with Gasteiger partial charge in [0.05, 0.1) is 0 Å². The number of aromatic nitrogens is 3. The van der Waals surface area contributed by atoms with Crippen LogP contribution in [0.3, 0.4) is 0 Å². The van der Waals surface area contributed by atoms with Crippen LogP contribution in [0.2, 0.25) is 0 Å². The van der Waals surface area contributed by atoms with Gasteiger partial charge in [0.25, 0.3) is 0 Å². The fourth-order valence-electron chi connectivity index (χ4n) is 2.55. The zero-order valence-electron chi connectivity index (χ0n) is 13.2. The zero-order chi connectivity index (χ0) is 15.5. The molecule has 0 aliphatic rings. The Labute approximate surface area is 131 Å². The highest BCUT2D eigenvalue weighted by Gasteiger charge is 2.14. The van der Waals surface area contributed by atoms with Gasteiger partial charge in [0.1, 0.15) is 0 Å². The van der Waals surface area contributed by atoms with Gasteiger partial charge in [-0.3, -0.25) is 0 Å². The first-order chi connectivity index (χ1) is 10.6. The van der Waals surface area contributed by atoms with E-state index in [0.29, 0.717) is 0 Å². The minimum Gasteiger partial charge on any atom is -0.305 e. The molecule has 22 heavy (non-hydrogen) atoms. The van der Waals surface area contributed by atoms with Crippen LogP contribution in [0.5, 0.6) is 0 Å². The molecule has 0 aliphatic carbocycles. The molecule has 0 aliphatic heterocycles. The summed E-state index contributed by atoms with van der Waals surface area (Å²) in [6.07, 6.45) is 0. The van der Waals surface area contributed by atoms with Crippen LogP contribution in [-0.2, 0) is 13.6 Å². The molecule has 0 N–H and O–H groups in total. The summed E-state index contributed by atoms with van der Waals surface area (Å²) in [4.78, 5) is 6.91. The first kappa shape index (κ1) is 14.5. The fourth-order valence-corrected chi connectivity index (χ4v) is 2.55. The second-order valence-electron chi connectivity index (χ2n) is 5.64. The highest BCUT2D eigenvalue weighted by Crippen LogP contribution is 2.25. The summed E-state index contributed by atoms with van der Waals surface area (Å²) in [6.45, 7) is 0.879. The van der Waals surface area contributed by atoms with Crippen molar-refractivity contribution in [3.63, 3.8) is 0 Å². The molecule has 2 aromatic carbocycles. The van der Waals surface area contributed by atoms with Crippen LogP contribution in [0.25, 0.3) is 22.8 Å². The number of aryl methyl sites for hydroxylation is 1. The Balaban J connectivity index is 2.05. The Kier molecular flexibility index (Phi) is 4.02. The van der Waals surface area contributed by atoms with Gasteiger partial charge >= 0.3 is 0 Å². The number of benzene rings is 2. The highest BCUT2D eigenvalue weighted by molar-refractivity contribution is 5.64. The van der Waals surface area contributed by atoms with Gasteiger partial charge in [0, 0.05) is 24.7 Å². The first-order valence-electron chi connectivity index (χ1n) is 7.34. The van der Waals surface area contributed by atoms with Crippen molar-refractivity contribution in [2.75, 3.05) is 14.1 Å². The van der Waals surface area contributed by atoms with E-state index in [4.69, 9.17) is 4.98 Å². The van der Waals surface area contributed by atoms with Gasteiger partial charge in [-0.15, -0.1) is 0 Å². The van der Waals surface area contributed by atoms with Crippen molar-refractivity contribution in [2.24, 2.45) is 7.05 Å². The Hall–Kier alpha value is -2.46. The molecule has 0 amide bonds. The molecule has 4 nitrogen and oxygen atoms in total. The minimum atomic E-state index is 0.762. The molecule has 0 fully saturated rings. The van der Waals surface area contributed by atoms with Gasteiger partial charge < -0.3 is 4.90 Å². The lowest BCUT2D eigenvalue weighted by atomic mass is 10.1. The first-order valence-corrected chi connectivity index (χ1v) is 7.34. The monoisotopic (exact) mass is 292 g/mol. The lowest BCUT2D eigenvalue weighted by Gasteiger charge is -2.13. The second-order valence-corrected chi connectivity index (χ2v) is 5.64. The van der Waals surface area contributed by atoms with Crippen molar-refractivity contribution in [1.29, 1.82) is 0 Å². The molecule has 3 aromatic rings. The van der Waals surface area contributed by atoms with E-state index < -0.39 is 0 Å². The molecule has 0 spiro atoms. The van der Waals surface area contributed by atoms with Gasteiger partial charge in [-0.05, 0) is 19.7 Å². The number of nitrogens with zero attached hydrogens (tertiary/aromatic N) is 4. The average Bonchev–Trinajstić information content (AvgIpc) is 2.90. The smallest absolute Gasteiger partial charge is 0.181 e. The average molecular weight is 292 g/mol. The topological polar surface area (TPSA) is 34.0 Å². The normalized spacial score (nSPS) is 11.1. The third-order valence-electron chi connectivity index (χ3n) is 3.54. The summed E-state index contributed by atoms with van der Waals surface area (Å²) in [5.41, 5.74) is 3.42. The van der Waals surface area contributed by atoms with E-state index in [1.54, 1.807) is 0 Å². The van der Waals surface area contributed by atoms with E-state index >= 15 is 0 Å². The third-order valence-corrected chi connectivity index (χ3v) is 3.54. The molecular weight excluding hydrogens is 272 g/mol. The third kappa shape index (κ3) is 2.92. The SMILES string of the molecule is CN(C)Cc1ccccc1-c1nc(-c2ccccc2)nn1C. The van der Waals surface area contributed by atoms with E-state index in [0.717, 1.165) is 29.3 Å². The lowest BCUT2D eigenvalue weighted by Crippen LogP contribution is -2.12. The molecule has 0 radical (unpaired) electrons. The van der Waals surface area contributed by atoms with Crippen molar-refractivity contribution in [1.82, 2.24) is 19.7 Å². The van der Waals surface area contributed by atoms with Crippen molar-refractivity contribution in [2.45, 2.75) is 6.54 Å². The molecule has 0 saturated carbocycles. The quantitative estimate of drug-likeness (QED) is 0.740. The molecule has 1 heterocycles. The van der Waals surface area contributed by atoms with E-state index in [9.17, 15) is 0 Å². The van der Waals surface area contributed by atoms with Crippen molar-refractivity contribution in [3.8, 4) is 22.8 Å². The molecule has 4 heteroatoms. The maximum Gasteiger partial charge on any atom is 0.181 e. The van der Waals surface area contributed by atoms with Gasteiger partial charge in [-0.2, -0.15) is 5.10 Å². The Bertz CT molecular complexity index is 760. The van der Waals surface area contributed by atoms with Crippen LogP contribution in [0, 0.1) is 0 Å². The van der Waals surface area contributed by atoms with Gasteiger partial charge in [-0.25, -0.2) is 9.67 Å². The van der Waals surface area contributed by atoms with Gasteiger partial charge in [-0.1, -0.05) is 54.6 Å². The van der Waals surface area contributed by atoms with Crippen LogP contribution in [-0.4, -0.2) is 33.8 Å². The van der Waals surface area contributed by atoms with Crippen LogP contribution in [0.1, 0.15) is 5.56 Å². The molecular formula is C18H20N4. The maximum absolute atomic E-state index is 4.75. The Morgan fingerprint density at radius 2 is 1.64 bits per heavy atom. The predicted octanol–water partition coefficient (Wildman–Crippen LogP) is 3.21. The maximum atomic E-state index is 4.75. The molecule has 0 saturated heterocycles. The van der Waals surface area contributed by atoms with E-state index in [2.05, 4.69) is 42.3 Å². The standard InChI is InChI=1S/C18H20N4/c1-21(2)13-15-11-7-8-12-16(15)18-19-17(20-22(18)3)14-9-5-4-6-10-14/h4-12H,13H2,1-3H3. The van der Waals surface area contributed by atoms with Crippen LogP contribution in [0.4, 0.5) is 0 Å². The fraction of sp³-hybridized carbons (Fsp3) is 0.222. The summed E-state index contributed by atoms with van der Waals surface area (Å²) in [7, 11) is 6.09. The molecule has 112 valence electrons. The highest BCUT2D eigenvalue weighted by atomic mass is 15.3. The lowest BCUT2D eigenvalue weighted by molar-refractivity contribution is 0.403. The van der Waals surface area contributed by atoms with Crippen LogP contribution < -0.4 is 0 Å². The van der Waals surface area contributed by atoms with Crippen molar-refractivity contribution < 1.29 is 0 Å². The molecule has 3 rings (SSSR count). The summed E-state index contributed by atoms with van der Waals surface area (Å²) < 4.78 is 1.86. The minimum absolute atomic E-state index is 0.762. The molecule has 0 bridgehead atoms. The van der Waals surface area contributed by atoms with Crippen LogP contribution in [0.15, 0.2) is 54.6 Å². The van der Waals surface area contributed by atoms with Crippen LogP contribution >= 0.6 is 0 Å².